The number of fused-ring (bicyclic) bond motifs is 1. The Bertz CT molecular complexity index is 797. The van der Waals surface area contributed by atoms with Crippen LogP contribution in [0.15, 0.2) is 36.5 Å². The van der Waals surface area contributed by atoms with Crippen molar-refractivity contribution >= 4 is 10.9 Å². The fraction of sp³-hybridized carbons (Fsp3) is 0.667. The Balaban J connectivity index is 1.21. The van der Waals surface area contributed by atoms with Crippen molar-refractivity contribution in [2.45, 2.75) is 0 Å². The highest BCUT2D eigenvalue weighted by atomic mass is 16.6. The van der Waals surface area contributed by atoms with Crippen LogP contribution in [0.4, 0.5) is 0 Å². The molecule has 0 bridgehead atoms. The lowest BCUT2D eigenvalue weighted by Crippen LogP contribution is -2.15. The van der Waals surface area contributed by atoms with E-state index in [-0.39, 0.29) is 6.61 Å². The van der Waals surface area contributed by atoms with E-state index in [4.69, 9.17) is 47.7 Å². The maximum absolute atomic E-state index is 8.56. The van der Waals surface area contributed by atoms with Crippen molar-refractivity contribution in [2.24, 2.45) is 0 Å². The molecule has 1 aromatic heterocycles. The Hall–Kier alpha value is -1.93. The van der Waals surface area contributed by atoms with Gasteiger partial charge in [0.1, 0.15) is 12.4 Å². The molecule has 11 nitrogen and oxygen atoms in total. The molecule has 0 unspecified atom stereocenters. The third-order valence-electron chi connectivity index (χ3n) is 4.91. The van der Waals surface area contributed by atoms with Gasteiger partial charge < -0.3 is 47.7 Å². The standard InChI is InChI=1S/C27H43NO10/c29-6-7-30-8-9-31-10-11-32-12-13-33-14-15-34-16-17-35-18-19-36-20-21-37-22-23-38-26-3-4-27-25(24-26)2-1-5-28-27/h1-5,24,29H,6-23H2. The number of aliphatic hydroxyl groups excluding tert-OH is 1. The topological polar surface area (TPSA) is 116 Å². The van der Waals surface area contributed by atoms with E-state index in [1.807, 2.05) is 30.3 Å². The van der Waals surface area contributed by atoms with E-state index in [1.54, 1.807) is 6.20 Å². The largest absolute Gasteiger partial charge is 0.491 e. The van der Waals surface area contributed by atoms with Crippen LogP contribution in [0.3, 0.4) is 0 Å². The SMILES string of the molecule is OCCOCCOCCOCCOCCOCCOCCOCCOCCOc1ccc2ncccc2c1. The Labute approximate surface area is 225 Å². The summed E-state index contributed by atoms with van der Waals surface area (Å²) in [6, 6.07) is 9.75. The number of aromatic nitrogens is 1. The van der Waals surface area contributed by atoms with Crippen LogP contribution in [-0.2, 0) is 37.9 Å². The molecular weight excluding hydrogens is 498 g/mol. The molecule has 0 aliphatic rings. The first-order chi connectivity index (χ1) is 18.9. The number of aliphatic hydroxyl groups is 1. The smallest absolute Gasteiger partial charge is 0.120 e. The van der Waals surface area contributed by atoms with E-state index in [9.17, 15) is 0 Å². The third-order valence-corrected chi connectivity index (χ3v) is 4.91. The second kappa shape index (κ2) is 24.1. The van der Waals surface area contributed by atoms with Gasteiger partial charge in [0, 0.05) is 11.6 Å². The molecule has 0 atom stereocenters. The summed E-state index contributed by atoms with van der Waals surface area (Å²) in [5, 5.41) is 9.62. The summed E-state index contributed by atoms with van der Waals surface area (Å²) in [5.74, 6) is 0.806. The Morgan fingerprint density at radius 3 is 1.37 bits per heavy atom. The molecule has 0 fully saturated rings. The number of hydrogen-bond donors (Lipinski definition) is 1. The van der Waals surface area contributed by atoms with Gasteiger partial charge in [-0.2, -0.15) is 0 Å². The van der Waals surface area contributed by atoms with Crippen LogP contribution in [0.1, 0.15) is 0 Å². The van der Waals surface area contributed by atoms with Crippen molar-refractivity contribution in [1.82, 2.24) is 4.98 Å². The number of hydrogen-bond acceptors (Lipinski definition) is 11. The monoisotopic (exact) mass is 541 g/mol. The van der Waals surface area contributed by atoms with E-state index in [0.29, 0.717) is 112 Å². The Morgan fingerprint density at radius 2 is 0.921 bits per heavy atom. The molecule has 0 aliphatic heterocycles. The summed E-state index contributed by atoms with van der Waals surface area (Å²) < 4.78 is 48.9. The van der Waals surface area contributed by atoms with Gasteiger partial charge in [0.05, 0.1) is 118 Å². The van der Waals surface area contributed by atoms with Crippen LogP contribution in [-0.4, -0.2) is 129 Å². The molecule has 0 saturated heterocycles. The zero-order valence-corrected chi connectivity index (χ0v) is 22.3. The minimum Gasteiger partial charge on any atom is -0.491 e. The van der Waals surface area contributed by atoms with Gasteiger partial charge in [-0.05, 0) is 24.3 Å². The van der Waals surface area contributed by atoms with Gasteiger partial charge >= 0.3 is 0 Å². The fourth-order valence-electron chi connectivity index (χ4n) is 3.07. The van der Waals surface area contributed by atoms with Crippen LogP contribution in [0.2, 0.25) is 0 Å². The number of nitrogens with zero attached hydrogens (tertiary/aromatic N) is 1. The van der Waals surface area contributed by atoms with E-state index < -0.39 is 0 Å². The maximum Gasteiger partial charge on any atom is 0.120 e. The maximum atomic E-state index is 8.56. The summed E-state index contributed by atoms with van der Waals surface area (Å²) in [6.07, 6.45) is 1.78. The Kier molecular flexibility index (Phi) is 20.5. The number of ether oxygens (including phenoxy) is 9. The summed E-state index contributed by atoms with van der Waals surface area (Å²) in [6.45, 7) is 8.42. The van der Waals surface area contributed by atoms with Crippen molar-refractivity contribution < 1.29 is 47.7 Å². The van der Waals surface area contributed by atoms with Gasteiger partial charge in [-0.25, -0.2) is 0 Å². The average Bonchev–Trinajstić information content (AvgIpc) is 2.95. The van der Waals surface area contributed by atoms with Gasteiger partial charge in [0.2, 0.25) is 0 Å². The second-order valence-corrected chi connectivity index (χ2v) is 7.83. The average molecular weight is 542 g/mol. The predicted molar refractivity (Wildman–Crippen MR) is 141 cm³/mol. The molecule has 11 heteroatoms. The molecule has 216 valence electrons. The van der Waals surface area contributed by atoms with Gasteiger partial charge in [-0.15, -0.1) is 0 Å². The normalized spacial score (nSPS) is 11.4. The zero-order chi connectivity index (χ0) is 26.8. The summed E-state index contributed by atoms with van der Waals surface area (Å²) in [4.78, 5) is 4.30. The minimum absolute atomic E-state index is 0.0276. The number of rotatable bonds is 27. The lowest BCUT2D eigenvalue weighted by Gasteiger charge is -2.09. The molecule has 0 amide bonds. The van der Waals surface area contributed by atoms with E-state index in [0.717, 1.165) is 16.7 Å². The van der Waals surface area contributed by atoms with Crippen molar-refractivity contribution in [3.05, 3.63) is 36.5 Å². The molecule has 1 heterocycles. The Morgan fingerprint density at radius 1 is 0.500 bits per heavy atom. The molecule has 0 radical (unpaired) electrons. The van der Waals surface area contributed by atoms with Crippen molar-refractivity contribution in [3.63, 3.8) is 0 Å². The summed E-state index contributed by atoms with van der Waals surface area (Å²) in [7, 11) is 0. The molecule has 2 rings (SSSR count). The van der Waals surface area contributed by atoms with Crippen LogP contribution < -0.4 is 4.74 Å². The second-order valence-electron chi connectivity index (χ2n) is 7.83. The van der Waals surface area contributed by atoms with Crippen LogP contribution in [0, 0.1) is 0 Å². The fourth-order valence-corrected chi connectivity index (χ4v) is 3.07. The van der Waals surface area contributed by atoms with Crippen LogP contribution in [0.25, 0.3) is 10.9 Å². The summed E-state index contributed by atoms with van der Waals surface area (Å²) in [5.41, 5.74) is 0.949. The lowest BCUT2D eigenvalue weighted by atomic mass is 10.2. The third kappa shape index (κ3) is 17.6. The highest BCUT2D eigenvalue weighted by Crippen LogP contribution is 2.18. The minimum atomic E-state index is 0.0276. The molecular formula is C27H43NO10. The molecule has 0 spiro atoms. The van der Waals surface area contributed by atoms with Crippen molar-refractivity contribution in [2.75, 3.05) is 119 Å². The molecule has 38 heavy (non-hydrogen) atoms. The van der Waals surface area contributed by atoms with E-state index >= 15 is 0 Å². The molecule has 1 aromatic carbocycles. The van der Waals surface area contributed by atoms with Crippen molar-refractivity contribution in [3.8, 4) is 5.75 Å². The van der Waals surface area contributed by atoms with E-state index in [1.165, 1.54) is 0 Å². The quantitative estimate of drug-likeness (QED) is 0.167. The summed E-state index contributed by atoms with van der Waals surface area (Å²) >= 11 is 0. The van der Waals surface area contributed by atoms with Crippen LogP contribution in [0.5, 0.6) is 5.75 Å². The van der Waals surface area contributed by atoms with E-state index in [2.05, 4.69) is 4.98 Å². The highest BCUT2D eigenvalue weighted by molar-refractivity contribution is 5.79. The zero-order valence-electron chi connectivity index (χ0n) is 22.3. The van der Waals surface area contributed by atoms with Gasteiger partial charge in [-0.3, -0.25) is 4.98 Å². The van der Waals surface area contributed by atoms with Gasteiger partial charge in [0.25, 0.3) is 0 Å². The van der Waals surface area contributed by atoms with Crippen LogP contribution >= 0.6 is 0 Å². The van der Waals surface area contributed by atoms with Gasteiger partial charge in [-0.1, -0.05) is 6.07 Å². The molecule has 0 aliphatic carbocycles. The lowest BCUT2D eigenvalue weighted by molar-refractivity contribution is -0.0242. The van der Waals surface area contributed by atoms with Crippen molar-refractivity contribution in [1.29, 1.82) is 0 Å². The predicted octanol–water partition coefficient (Wildman–Crippen LogP) is 1.74. The molecule has 1 N–H and O–H groups in total. The first-order valence-electron chi connectivity index (χ1n) is 13.1. The first-order valence-corrected chi connectivity index (χ1v) is 13.1. The number of pyridine rings is 1. The molecule has 2 aromatic rings. The molecule has 0 saturated carbocycles. The first kappa shape index (κ1) is 32.3. The number of benzene rings is 1. The highest BCUT2D eigenvalue weighted by Gasteiger charge is 1.99. The van der Waals surface area contributed by atoms with Gasteiger partial charge in [0.15, 0.2) is 0 Å².